The first-order valence-corrected chi connectivity index (χ1v) is 11.1. The van der Waals surface area contributed by atoms with E-state index in [0.717, 1.165) is 45.4 Å². The number of aliphatic hydroxyl groups is 1. The van der Waals surface area contributed by atoms with Crippen molar-refractivity contribution in [2.75, 3.05) is 11.9 Å². The molecular weight excluding hydrogens is 400 g/mol. The molecule has 0 unspecified atom stereocenters. The maximum absolute atomic E-state index is 9.85. The summed E-state index contributed by atoms with van der Waals surface area (Å²) in [6.07, 6.45) is 3.75. The zero-order valence-corrected chi connectivity index (χ0v) is 20.1. The van der Waals surface area contributed by atoms with Gasteiger partial charge in [0, 0.05) is 48.6 Å². The lowest BCUT2D eigenvalue weighted by atomic mass is 9.90. The van der Waals surface area contributed by atoms with Gasteiger partial charge in [-0.3, -0.25) is 0 Å². The minimum atomic E-state index is -0.444. The van der Waals surface area contributed by atoms with Gasteiger partial charge in [-0.25, -0.2) is 9.97 Å². The van der Waals surface area contributed by atoms with Crippen molar-refractivity contribution in [3.63, 3.8) is 0 Å². The third-order valence-electron chi connectivity index (χ3n) is 5.63. The number of hydrogen-bond donors (Lipinski definition) is 2. The van der Waals surface area contributed by atoms with E-state index in [1.165, 1.54) is 0 Å². The third-order valence-corrected chi connectivity index (χ3v) is 5.63. The number of benzene rings is 1. The van der Waals surface area contributed by atoms with E-state index in [1.807, 2.05) is 76.0 Å². The lowest BCUT2D eigenvalue weighted by Crippen LogP contribution is -2.24. The predicted octanol–water partition coefficient (Wildman–Crippen LogP) is 4.65. The largest absolute Gasteiger partial charge is 0.395 e. The average molecular weight is 435 g/mol. The van der Waals surface area contributed by atoms with E-state index in [1.54, 1.807) is 6.20 Å². The molecule has 0 bridgehead atoms. The van der Waals surface area contributed by atoms with Crippen molar-refractivity contribution in [2.45, 2.75) is 53.5 Å². The van der Waals surface area contributed by atoms with Crippen molar-refractivity contribution in [2.24, 2.45) is 7.05 Å². The van der Waals surface area contributed by atoms with Crippen LogP contribution in [-0.2, 0) is 19.0 Å². The molecule has 0 saturated heterocycles. The fourth-order valence-electron chi connectivity index (χ4n) is 3.44. The zero-order chi connectivity index (χ0) is 23.5. The number of nitrogens with one attached hydrogen (secondary N) is 1. The lowest BCUT2D eigenvalue weighted by Gasteiger charge is -2.22. The molecule has 7 nitrogen and oxygen atoms in total. The quantitative estimate of drug-likeness (QED) is 0.462. The first kappa shape index (κ1) is 23.5. The Hall–Kier alpha value is -3.19. The van der Waals surface area contributed by atoms with Gasteiger partial charge in [0.15, 0.2) is 5.65 Å². The molecule has 170 valence electrons. The molecule has 0 aliphatic carbocycles. The SMILES string of the molecule is CC.Cc1nn2c(NCc3cccc(-c4nccn4C)c3)cc(C(C)(C)CO)nc2c1C. The normalized spacial score (nSPS) is 11.4. The number of aliphatic hydroxyl groups excluding tert-OH is 1. The molecule has 3 aromatic heterocycles. The van der Waals surface area contributed by atoms with Gasteiger partial charge in [-0.2, -0.15) is 9.61 Å². The summed E-state index contributed by atoms with van der Waals surface area (Å²) in [5.74, 6) is 1.79. The van der Waals surface area contributed by atoms with Gasteiger partial charge in [-0.05, 0) is 25.5 Å². The second-order valence-corrected chi connectivity index (χ2v) is 8.43. The summed E-state index contributed by atoms with van der Waals surface area (Å²) >= 11 is 0. The van der Waals surface area contributed by atoms with E-state index in [2.05, 4.69) is 33.6 Å². The van der Waals surface area contributed by atoms with E-state index in [9.17, 15) is 5.11 Å². The van der Waals surface area contributed by atoms with Crippen molar-refractivity contribution >= 4 is 11.5 Å². The highest BCUT2D eigenvalue weighted by Crippen LogP contribution is 2.27. The smallest absolute Gasteiger partial charge is 0.160 e. The predicted molar refractivity (Wildman–Crippen MR) is 130 cm³/mol. The van der Waals surface area contributed by atoms with Gasteiger partial charge in [0.1, 0.15) is 11.6 Å². The van der Waals surface area contributed by atoms with Crippen LogP contribution in [0.3, 0.4) is 0 Å². The molecule has 0 spiro atoms. The van der Waals surface area contributed by atoms with Crippen LogP contribution in [0.15, 0.2) is 42.7 Å². The van der Waals surface area contributed by atoms with Crippen molar-refractivity contribution in [3.8, 4) is 11.4 Å². The first-order valence-electron chi connectivity index (χ1n) is 11.1. The number of anilines is 1. The topological polar surface area (TPSA) is 80.3 Å². The Morgan fingerprint density at radius 1 is 1.12 bits per heavy atom. The van der Waals surface area contributed by atoms with Crippen LogP contribution in [0.25, 0.3) is 17.0 Å². The van der Waals surface area contributed by atoms with Gasteiger partial charge in [0.05, 0.1) is 18.0 Å². The molecule has 0 atom stereocenters. The number of imidazole rings is 1. The van der Waals surface area contributed by atoms with Gasteiger partial charge in [-0.1, -0.05) is 45.9 Å². The highest BCUT2D eigenvalue weighted by Gasteiger charge is 2.24. The zero-order valence-electron chi connectivity index (χ0n) is 20.1. The van der Waals surface area contributed by atoms with Crippen molar-refractivity contribution in [1.82, 2.24) is 24.1 Å². The molecule has 4 aromatic rings. The van der Waals surface area contributed by atoms with Gasteiger partial charge in [0.25, 0.3) is 0 Å². The summed E-state index contributed by atoms with van der Waals surface area (Å²) in [5.41, 5.74) is 5.42. The van der Waals surface area contributed by atoms with E-state index >= 15 is 0 Å². The molecule has 0 saturated carbocycles. The van der Waals surface area contributed by atoms with Crippen LogP contribution in [0, 0.1) is 13.8 Å². The second kappa shape index (κ2) is 9.53. The molecule has 0 radical (unpaired) electrons. The van der Waals surface area contributed by atoms with Crippen LogP contribution in [-0.4, -0.2) is 35.9 Å². The summed E-state index contributed by atoms with van der Waals surface area (Å²) < 4.78 is 3.86. The monoisotopic (exact) mass is 434 g/mol. The summed E-state index contributed by atoms with van der Waals surface area (Å²) in [7, 11) is 1.99. The number of fused-ring (bicyclic) bond motifs is 1. The standard InChI is InChI=1S/C23H28N6O.C2H6/c1-15-16(2)27-29-20(12-19(26-21(15)29)23(3,4)14-30)25-13-17-7-6-8-18(11-17)22-24-9-10-28(22)5;1-2/h6-12,25,30H,13-14H2,1-5H3;1-2H3. The van der Waals surface area contributed by atoms with E-state index in [0.29, 0.717) is 6.54 Å². The highest BCUT2D eigenvalue weighted by molar-refractivity contribution is 5.58. The average Bonchev–Trinajstić information content (AvgIpc) is 3.36. The first-order chi connectivity index (χ1) is 15.3. The molecule has 32 heavy (non-hydrogen) atoms. The fraction of sp³-hybridized carbons (Fsp3) is 0.400. The van der Waals surface area contributed by atoms with E-state index in [-0.39, 0.29) is 6.61 Å². The van der Waals surface area contributed by atoms with Gasteiger partial charge < -0.3 is 15.0 Å². The summed E-state index contributed by atoms with van der Waals surface area (Å²) in [6, 6.07) is 10.3. The third kappa shape index (κ3) is 4.53. The Kier molecular flexibility index (Phi) is 6.99. The van der Waals surface area contributed by atoms with E-state index in [4.69, 9.17) is 4.98 Å². The molecule has 4 rings (SSSR count). The summed E-state index contributed by atoms with van der Waals surface area (Å²) in [4.78, 5) is 9.24. The maximum Gasteiger partial charge on any atom is 0.160 e. The number of aryl methyl sites for hydroxylation is 3. The molecule has 0 aliphatic rings. The van der Waals surface area contributed by atoms with Crippen LogP contribution in [0.5, 0.6) is 0 Å². The molecule has 0 aliphatic heterocycles. The highest BCUT2D eigenvalue weighted by atomic mass is 16.3. The second-order valence-electron chi connectivity index (χ2n) is 8.43. The van der Waals surface area contributed by atoms with Crippen molar-refractivity contribution in [3.05, 3.63) is 65.2 Å². The molecule has 1 aromatic carbocycles. The van der Waals surface area contributed by atoms with E-state index < -0.39 is 5.41 Å². The van der Waals surface area contributed by atoms with Crippen molar-refractivity contribution < 1.29 is 5.11 Å². The summed E-state index contributed by atoms with van der Waals surface area (Å²) in [6.45, 7) is 12.7. The van der Waals surface area contributed by atoms with Crippen molar-refractivity contribution in [1.29, 1.82) is 0 Å². The Morgan fingerprint density at radius 3 is 2.53 bits per heavy atom. The lowest BCUT2D eigenvalue weighted by molar-refractivity contribution is 0.215. The Morgan fingerprint density at radius 2 is 1.88 bits per heavy atom. The number of hydrogen-bond acceptors (Lipinski definition) is 5. The number of aromatic nitrogens is 5. The Balaban J connectivity index is 0.00000141. The Bertz CT molecular complexity index is 1200. The Labute approximate surface area is 190 Å². The molecular formula is C25H34N6O. The van der Waals surface area contributed by atoms with Gasteiger partial charge in [0.2, 0.25) is 0 Å². The minimum absolute atomic E-state index is 0.0213. The summed E-state index contributed by atoms with van der Waals surface area (Å²) in [5, 5.41) is 18.0. The van der Waals surface area contributed by atoms with Gasteiger partial charge in [-0.15, -0.1) is 0 Å². The number of rotatable bonds is 6. The number of nitrogens with zero attached hydrogens (tertiary/aromatic N) is 5. The van der Waals surface area contributed by atoms with Crippen LogP contribution >= 0.6 is 0 Å². The van der Waals surface area contributed by atoms with Crippen LogP contribution in [0.2, 0.25) is 0 Å². The van der Waals surface area contributed by atoms with Crippen LogP contribution in [0.1, 0.15) is 50.2 Å². The molecule has 0 amide bonds. The van der Waals surface area contributed by atoms with Gasteiger partial charge >= 0.3 is 0 Å². The molecule has 2 N–H and O–H groups in total. The van der Waals surface area contributed by atoms with Crippen LogP contribution < -0.4 is 5.32 Å². The molecule has 7 heteroatoms. The molecule has 0 fully saturated rings. The maximum atomic E-state index is 9.85. The van der Waals surface area contributed by atoms with Crippen LogP contribution in [0.4, 0.5) is 5.82 Å². The minimum Gasteiger partial charge on any atom is -0.395 e. The molecule has 3 heterocycles. The fourth-order valence-corrected chi connectivity index (χ4v) is 3.44.